The molecule has 1 aliphatic heterocycles. The van der Waals surface area contributed by atoms with Crippen molar-refractivity contribution in [3.05, 3.63) is 59.7 Å². The largest absolute Gasteiger partial charge is 0.336 e. The number of nitrogens with zero attached hydrogens (tertiary/aromatic N) is 2. The Balaban J connectivity index is 1.38. The van der Waals surface area contributed by atoms with Gasteiger partial charge < -0.3 is 10.2 Å². The minimum Gasteiger partial charge on any atom is -0.336 e. The molecule has 1 amide bonds. The Morgan fingerprint density at radius 2 is 2.08 bits per heavy atom. The quantitative estimate of drug-likeness (QED) is 0.691. The Hall–Kier alpha value is -1.89. The van der Waals surface area contributed by atoms with Gasteiger partial charge in [0.05, 0.1) is 10.2 Å². The first-order valence-corrected chi connectivity index (χ1v) is 10.6. The first-order valence-electron chi connectivity index (χ1n) is 8.79. The lowest BCUT2D eigenvalue weighted by Gasteiger charge is -2.32. The van der Waals surface area contributed by atoms with Gasteiger partial charge >= 0.3 is 0 Å². The molecule has 0 aliphatic carbocycles. The van der Waals surface area contributed by atoms with Crippen LogP contribution in [0, 0.1) is 0 Å². The van der Waals surface area contributed by atoms with Gasteiger partial charge in [-0.25, -0.2) is 4.98 Å². The highest BCUT2D eigenvalue weighted by atomic mass is 32.2. The van der Waals surface area contributed by atoms with Crippen LogP contribution >= 0.6 is 23.1 Å². The summed E-state index contributed by atoms with van der Waals surface area (Å²) in [6.07, 6.45) is 0. The number of nitrogens with one attached hydrogen (secondary N) is 1. The third kappa shape index (κ3) is 3.92. The highest BCUT2D eigenvalue weighted by Gasteiger charge is 2.21. The predicted molar refractivity (Wildman–Crippen MR) is 109 cm³/mol. The number of para-hydroxylation sites is 1. The van der Waals surface area contributed by atoms with Crippen molar-refractivity contribution in [2.45, 2.75) is 23.1 Å². The van der Waals surface area contributed by atoms with E-state index in [4.69, 9.17) is 0 Å². The first kappa shape index (κ1) is 17.5. The molecule has 4 rings (SSSR count). The average Bonchev–Trinajstić information content (AvgIpc) is 3.09. The zero-order chi connectivity index (χ0) is 17.9. The molecule has 1 aliphatic rings. The summed E-state index contributed by atoms with van der Waals surface area (Å²) in [6, 6.07) is 16.6. The Labute approximate surface area is 161 Å². The van der Waals surface area contributed by atoms with E-state index in [-0.39, 0.29) is 5.91 Å². The Bertz CT molecular complexity index is 874. The van der Waals surface area contributed by atoms with Crippen molar-refractivity contribution in [3.63, 3.8) is 0 Å². The highest BCUT2D eigenvalue weighted by molar-refractivity contribution is 8.00. The molecule has 0 saturated carbocycles. The molecular weight excluding hydrogens is 362 g/mol. The molecular formula is C20H21N3OS2. The van der Waals surface area contributed by atoms with Crippen LogP contribution in [0.2, 0.25) is 0 Å². The van der Waals surface area contributed by atoms with Gasteiger partial charge in [-0.3, -0.25) is 4.79 Å². The van der Waals surface area contributed by atoms with Crippen LogP contribution in [0.3, 0.4) is 0 Å². The number of rotatable bonds is 4. The van der Waals surface area contributed by atoms with Crippen LogP contribution in [0.5, 0.6) is 0 Å². The van der Waals surface area contributed by atoms with Gasteiger partial charge in [-0.2, -0.15) is 0 Å². The monoisotopic (exact) mass is 383 g/mol. The maximum atomic E-state index is 12.6. The summed E-state index contributed by atoms with van der Waals surface area (Å²) in [7, 11) is 0. The van der Waals surface area contributed by atoms with Crippen molar-refractivity contribution < 1.29 is 4.79 Å². The van der Waals surface area contributed by atoms with Crippen LogP contribution in [0.25, 0.3) is 10.2 Å². The van der Waals surface area contributed by atoms with E-state index in [9.17, 15) is 4.79 Å². The maximum Gasteiger partial charge on any atom is 0.253 e. The van der Waals surface area contributed by atoms with Gasteiger partial charge in [0.25, 0.3) is 5.91 Å². The van der Waals surface area contributed by atoms with Crippen molar-refractivity contribution in [2.75, 3.05) is 19.6 Å². The van der Waals surface area contributed by atoms with E-state index in [1.54, 1.807) is 23.1 Å². The number of carbonyl (C=O) groups excluding carboxylic acids is 1. The summed E-state index contributed by atoms with van der Waals surface area (Å²) < 4.78 is 2.31. The summed E-state index contributed by atoms with van der Waals surface area (Å²) >= 11 is 3.47. The number of benzene rings is 2. The molecule has 2 heterocycles. The molecule has 3 aromatic rings. The van der Waals surface area contributed by atoms with E-state index in [1.165, 1.54) is 10.3 Å². The molecule has 0 spiro atoms. The molecule has 2 aromatic carbocycles. The van der Waals surface area contributed by atoms with E-state index in [2.05, 4.69) is 35.4 Å². The summed E-state index contributed by atoms with van der Waals surface area (Å²) in [4.78, 5) is 19.2. The van der Waals surface area contributed by atoms with Crippen molar-refractivity contribution in [1.82, 2.24) is 15.2 Å². The van der Waals surface area contributed by atoms with Gasteiger partial charge in [-0.1, -0.05) is 36.0 Å². The Morgan fingerprint density at radius 1 is 1.27 bits per heavy atom. The second-order valence-corrected chi connectivity index (χ2v) is 8.79. The molecule has 0 unspecified atom stereocenters. The third-order valence-corrected chi connectivity index (χ3v) is 6.74. The van der Waals surface area contributed by atoms with E-state index in [0.29, 0.717) is 6.04 Å². The lowest BCUT2D eigenvalue weighted by Crippen LogP contribution is -2.51. The lowest BCUT2D eigenvalue weighted by atomic mass is 10.1. The number of hydrogen-bond donors (Lipinski definition) is 1. The fourth-order valence-corrected chi connectivity index (χ4v) is 5.13. The normalized spacial score (nSPS) is 17.6. The van der Waals surface area contributed by atoms with Crippen molar-refractivity contribution >= 4 is 39.2 Å². The molecule has 1 fully saturated rings. The second-order valence-electron chi connectivity index (χ2n) is 6.54. The molecule has 0 bridgehead atoms. The van der Waals surface area contributed by atoms with Crippen LogP contribution in [0.1, 0.15) is 22.8 Å². The number of aromatic nitrogens is 1. The predicted octanol–water partition coefficient (Wildman–Crippen LogP) is 4.02. The molecule has 6 heteroatoms. The molecule has 1 saturated heterocycles. The second kappa shape index (κ2) is 7.78. The van der Waals surface area contributed by atoms with Gasteiger partial charge in [0.15, 0.2) is 4.34 Å². The zero-order valence-electron chi connectivity index (χ0n) is 14.6. The number of amides is 1. The van der Waals surface area contributed by atoms with Crippen molar-refractivity contribution in [2.24, 2.45) is 0 Å². The highest BCUT2D eigenvalue weighted by Crippen LogP contribution is 2.31. The van der Waals surface area contributed by atoms with Crippen LogP contribution in [-0.2, 0) is 5.75 Å². The summed E-state index contributed by atoms with van der Waals surface area (Å²) in [5.74, 6) is 0.989. The number of thioether (sulfide) groups is 1. The fraction of sp³-hybridized carbons (Fsp3) is 0.300. The molecule has 26 heavy (non-hydrogen) atoms. The van der Waals surface area contributed by atoms with E-state index in [0.717, 1.165) is 40.8 Å². The zero-order valence-corrected chi connectivity index (χ0v) is 16.3. The number of carbonyl (C=O) groups is 1. The Morgan fingerprint density at radius 3 is 2.85 bits per heavy atom. The number of hydrogen-bond acceptors (Lipinski definition) is 5. The smallest absolute Gasteiger partial charge is 0.253 e. The van der Waals surface area contributed by atoms with Crippen LogP contribution in [-0.4, -0.2) is 41.5 Å². The van der Waals surface area contributed by atoms with Gasteiger partial charge in [-0.05, 0) is 36.8 Å². The molecule has 134 valence electrons. The third-order valence-electron chi connectivity index (χ3n) is 4.49. The van der Waals surface area contributed by atoms with E-state index >= 15 is 0 Å². The standard InChI is InChI=1S/C20H21N3OS2/c1-14-12-23(11-10-21-14)19(24)16-8-6-15(7-9-16)13-25-20-22-17-4-2-3-5-18(17)26-20/h2-9,14,21H,10-13H2,1H3/t14-/m1/s1. The van der Waals surface area contributed by atoms with Gasteiger partial charge in [0, 0.05) is 37.0 Å². The summed E-state index contributed by atoms with van der Waals surface area (Å²) in [5, 5.41) is 3.37. The fourth-order valence-electron chi connectivity index (χ4n) is 3.10. The van der Waals surface area contributed by atoms with E-state index in [1.807, 2.05) is 35.2 Å². The van der Waals surface area contributed by atoms with Crippen molar-refractivity contribution in [1.29, 1.82) is 0 Å². The average molecular weight is 384 g/mol. The summed E-state index contributed by atoms with van der Waals surface area (Å²) in [6.45, 7) is 4.53. The van der Waals surface area contributed by atoms with Crippen molar-refractivity contribution in [3.8, 4) is 0 Å². The van der Waals surface area contributed by atoms with Gasteiger partial charge in [-0.15, -0.1) is 11.3 Å². The van der Waals surface area contributed by atoms with Crippen LogP contribution < -0.4 is 5.32 Å². The number of fused-ring (bicyclic) bond motifs is 1. The summed E-state index contributed by atoms with van der Waals surface area (Å²) in [5.41, 5.74) is 3.04. The minimum absolute atomic E-state index is 0.128. The molecule has 1 atom stereocenters. The molecule has 1 aromatic heterocycles. The van der Waals surface area contributed by atoms with Crippen LogP contribution in [0.15, 0.2) is 52.9 Å². The first-order chi connectivity index (χ1) is 12.7. The SMILES string of the molecule is C[C@@H]1CN(C(=O)c2ccc(CSc3nc4ccccc4s3)cc2)CCN1. The van der Waals surface area contributed by atoms with Gasteiger partial charge in [0.2, 0.25) is 0 Å². The minimum atomic E-state index is 0.128. The van der Waals surface area contributed by atoms with E-state index < -0.39 is 0 Å². The van der Waals surface area contributed by atoms with Gasteiger partial charge in [0.1, 0.15) is 0 Å². The van der Waals surface area contributed by atoms with Crippen LogP contribution in [0.4, 0.5) is 0 Å². The molecule has 4 nitrogen and oxygen atoms in total. The number of piperazine rings is 1. The lowest BCUT2D eigenvalue weighted by molar-refractivity contribution is 0.0709. The Kier molecular flexibility index (Phi) is 5.24. The molecule has 1 N–H and O–H groups in total. The molecule has 0 radical (unpaired) electrons. The topological polar surface area (TPSA) is 45.2 Å². The maximum absolute atomic E-state index is 12.6. The number of thiazole rings is 1.